The standard InChI is InChI=1S/C35H41N3O3/c1-6-37-31(36-38(33(37)41)23-26-14-17-29(18-15-26)34(3,4)5)12-8-10-25-9-7-11-27(21-25)28-16-13-24(2)30(22-28)35(19-20-35)32(39)40/h7,9,11,13-18,21-22H,6,8,10,12,19-20,23H2,1-5H3,(H,39,40). The number of carboxylic acid groups (broad SMARTS) is 1. The highest BCUT2D eigenvalue weighted by atomic mass is 16.4. The van der Waals surface area contributed by atoms with Crippen molar-refractivity contribution in [1.29, 1.82) is 0 Å². The van der Waals surface area contributed by atoms with Gasteiger partial charge in [-0.3, -0.25) is 9.36 Å². The molecule has 3 aromatic carbocycles. The van der Waals surface area contributed by atoms with E-state index in [0.717, 1.165) is 52.9 Å². The van der Waals surface area contributed by atoms with Crippen LogP contribution in [0.1, 0.15) is 80.6 Å². The van der Waals surface area contributed by atoms with Crippen LogP contribution in [0.5, 0.6) is 0 Å². The van der Waals surface area contributed by atoms with Gasteiger partial charge in [-0.25, -0.2) is 9.48 Å². The molecule has 4 aromatic rings. The minimum atomic E-state index is -0.724. The molecule has 1 aliphatic rings. The molecule has 1 fully saturated rings. The number of aliphatic carboxylic acids is 1. The Morgan fingerprint density at radius 2 is 1.66 bits per heavy atom. The molecule has 214 valence electrons. The lowest BCUT2D eigenvalue weighted by molar-refractivity contribution is -0.140. The normalized spacial score (nSPS) is 14.3. The number of carboxylic acids is 1. The Morgan fingerprint density at radius 3 is 2.29 bits per heavy atom. The summed E-state index contributed by atoms with van der Waals surface area (Å²) in [6.07, 6.45) is 3.87. The highest BCUT2D eigenvalue weighted by Crippen LogP contribution is 2.50. The molecular formula is C35H41N3O3. The maximum Gasteiger partial charge on any atom is 0.346 e. The highest BCUT2D eigenvalue weighted by Gasteiger charge is 2.52. The maximum atomic E-state index is 13.1. The first kappa shape index (κ1) is 28.6. The molecular weight excluding hydrogens is 510 g/mol. The minimum Gasteiger partial charge on any atom is -0.481 e. The predicted octanol–water partition coefficient (Wildman–Crippen LogP) is 6.68. The van der Waals surface area contributed by atoms with Crippen molar-refractivity contribution in [3.8, 4) is 11.1 Å². The summed E-state index contributed by atoms with van der Waals surface area (Å²) in [7, 11) is 0. The van der Waals surface area contributed by atoms with Crippen LogP contribution in [0, 0.1) is 6.92 Å². The summed E-state index contributed by atoms with van der Waals surface area (Å²) in [6, 6.07) is 23.1. The highest BCUT2D eigenvalue weighted by molar-refractivity contribution is 5.86. The van der Waals surface area contributed by atoms with E-state index in [2.05, 4.69) is 81.4 Å². The van der Waals surface area contributed by atoms with E-state index < -0.39 is 11.4 Å². The summed E-state index contributed by atoms with van der Waals surface area (Å²) in [4.78, 5) is 25.0. The van der Waals surface area contributed by atoms with E-state index in [-0.39, 0.29) is 11.1 Å². The molecule has 0 radical (unpaired) electrons. The zero-order valence-electron chi connectivity index (χ0n) is 24.9. The molecule has 1 aliphatic carbocycles. The molecule has 1 N–H and O–H groups in total. The first-order valence-electron chi connectivity index (χ1n) is 14.7. The third-order valence-corrected chi connectivity index (χ3v) is 8.51. The lowest BCUT2D eigenvalue weighted by Gasteiger charge is -2.19. The number of hydrogen-bond acceptors (Lipinski definition) is 3. The summed E-state index contributed by atoms with van der Waals surface area (Å²) >= 11 is 0. The van der Waals surface area contributed by atoms with Crippen LogP contribution in [0.2, 0.25) is 0 Å². The van der Waals surface area contributed by atoms with Crippen molar-refractivity contribution in [2.45, 2.75) is 90.6 Å². The monoisotopic (exact) mass is 551 g/mol. The van der Waals surface area contributed by atoms with Crippen molar-refractivity contribution in [1.82, 2.24) is 14.3 Å². The average Bonchev–Trinajstić information content (AvgIpc) is 3.70. The molecule has 1 heterocycles. The van der Waals surface area contributed by atoms with Gasteiger partial charge in [-0.15, -0.1) is 0 Å². The van der Waals surface area contributed by atoms with Crippen molar-refractivity contribution in [2.24, 2.45) is 0 Å². The second-order valence-corrected chi connectivity index (χ2v) is 12.5. The van der Waals surface area contributed by atoms with E-state index in [1.54, 1.807) is 9.25 Å². The molecule has 1 aromatic heterocycles. The Bertz CT molecular complexity index is 1620. The van der Waals surface area contributed by atoms with Gasteiger partial charge in [0.05, 0.1) is 12.0 Å². The summed E-state index contributed by atoms with van der Waals surface area (Å²) in [5, 5.41) is 14.5. The van der Waals surface area contributed by atoms with Gasteiger partial charge in [0, 0.05) is 13.0 Å². The molecule has 5 rings (SSSR count). The molecule has 6 heteroatoms. The molecule has 0 bridgehead atoms. The van der Waals surface area contributed by atoms with Crippen molar-refractivity contribution < 1.29 is 9.90 Å². The zero-order valence-corrected chi connectivity index (χ0v) is 24.9. The van der Waals surface area contributed by atoms with Crippen LogP contribution in [-0.2, 0) is 41.6 Å². The first-order valence-corrected chi connectivity index (χ1v) is 14.7. The van der Waals surface area contributed by atoms with Crippen LogP contribution >= 0.6 is 0 Å². The number of nitrogens with zero attached hydrogens (tertiary/aromatic N) is 3. The summed E-state index contributed by atoms with van der Waals surface area (Å²) in [6.45, 7) is 11.6. The van der Waals surface area contributed by atoms with Crippen molar-refractivity contribution in [3.05, 3.63) is 111 Å². The third kappa shape index (κ3) is 5.92. The molecule has 0 atom stereocenters. The van der Waals surface area contributed by atoms with Gasteiger partial charge in [0.2, 0.25) is 0 Å². The van der Waals surface area contributed by atoms with Crippen LogP contribution in [0.4, 0.5) is 0 Å². The molecule has 0 amide bonds. The third-order valence-electron chi connectivity index (χ3n) is 8.51. The number of carbonyl (C=O) groups is 1. The first-order chi connectivity index (χ1) is 19.5. The van der Waals surface area contributed by atoms with Gasteiger partial charge < -0.3 is 5.11 Å². The minimum absolute atomic E-state index is 0.0608. The molecule has 0 spiro atoms. The van der Waals surface area contributed by atoms with Gasteiger partial charge in [0.1, 0.15) is 5.82 Å². The van der Waals surface area contributed by atoms with Gasteiger partial charge in [0.25, 0.3) is 0 Å². The Hall–Kier alpha value is -3.93. The second kappa shape index (κ2) is 11.2. The number of aryl methyl sites for hydroxylation is 3. The van der Waals surface area contributed by atoms with Crippen LogP contribution < -0.4 is 5.69 Å². The van der Waals surface area contributed by atoms with E-state index >= 15 is 0 Å². The Balaban J connectivity index is 1.27. The van der Waals surface area contributed by atoms with E-state index in [9.17, 15) is 14.7 Å². The molecule has 0 saturated heterocycles. The Labute approximate surface area is 242 Å². The van der Waals surface area contributed by atoms with Gasteiger partial charge >= 0.3 is 11.7 Å². The van der Waals surface area contributed by atoms with Gasteiger partial charge in [-0.2, -0.15) is 5.10 Å². The summed E-state index contributed by atoms with van der Waals surface area (Å²) in [5.41, 5.74) is 6.99. The zero-order chi connectivity index (χ0) is 29.4. The molecule has 0 aliphatic heterocycles. The summed E-state index contributed by atoms with van der Waals surface area (Å²) < 4.78 is 3.37. The van der Waals surface area contributed by atoms with Gasteiger partial charge in [0.15, 0.2) is 0 Å². The largest absolute Gasteiger partial charge is 0.481 e. The van der Waals surface area contributed by atoms with E-state index in [4.69, 9.17) is 5.10 Å². The quantitative estimate of drug-likeness (QED) is 0.239. The van der Waals surface area contributed by atoms with Crippen LogP contribution in [0.15, 0.2) is 71.5 Å². The Morgan fingerprint density at radius 1 is 0.951 bits per heavy atom. The van der Waals surface area contributed by atoms with Crippen molar-refractivity contribution in [3.63, 3.8) is 0 Å². The molecule has 1 saturated carbocycles. The fourth-order valence-electron chi connectivity index (χ4n) is 5.77. The SMILES string of the molecule is CCn1c(CCCc2cccc(-c3ccc(C)c(C4(C(=O)O)CC4)c3)c2)nn(Cc2ccc(C(C)(C)C)cc2)c1=O. The van der Waals surface area contributed by atoms with E-state index in [1.807, 2.05) is 19.9 Å². The lowest BCUT2D eigenvalue weighted by Crippen LogP contribution is -2.25. The molecule has 0 unspecified atom stereocenters. The van der Waals surface area contributed by atoms with Gasteiger partial charge in [-0.1, -0.05) is 81.4 Å². The maximum absolute atomic E-state index is 13.1. The second-order valence-electron chi connectivity index (χ2n) is 12.5. The van der Waals surface area contributed by atoms with E-state index in [1.165, 1.54) is 11.1 Å². The summed E-state index contributed by atoms with van der Waals surface area (Å²) in [5.74, 6) is 0.101. The van der Waals surface area contributed by atoms with E-state index in [0.29, 0.717) is 25.9 Å². The molecule has 41 heavy (non-hydrogen) atoms. The number of hydrogen-bond donors (Lipinski definition) is 1. The van der Waals surface area contributed by atoms with Gasteiger partial charge in [-0.05, 0) is 90.0 Å². The van der Waals surface area contributed by atoms with Crippen molar-refractivity contribution >= 4 is 5.97 Å². The topological polar surface area (TPSA) is 77.1 Å². The lowest BCUT2D eigenvalue weighted by atomic mass is 9.87. The molecule has 6 nitrogen and oxygen atoms in total. The Kier molecular flexibility index (Phi) is 7.78. The number of aromatic nitrogens is 3. The van der Waals surface area contributed by atoms with Crippen LogP contribution in [0.25, 0.3) is 11.1 Å². The van der Waals surface area contributed by atoms with Crippen LogP contribution in [0.3, 0.4) is 0 Å². The fraction of sp³-hybridized carbons (Fsp3) is 0.400. The smallest absolute Gasteiger partial charge is 0.346 e. The van der Waals surface area contributed by atoms with Crippen LogP contribution in [-0.4, -0.2) is 25.4 Å². The number of rotatable bonds is 10. The number of benzene rings is 3. The average molecular weight is 552 g/mol. The fourth-order valence-corrected chi connectivity index (χ4v) is 5.77. The predicted molar refractivity (Wildman–Crippen MR) is 164 cm³/mol. The van der Waals surface area contributed by atoms with Crippen molar-refractivity contribution in [2.75, 3.05) is 0 Å².